The zero-order chi connectivity index (χ0) is 20.3. The molecule has 0 aliphatic rings. The molecule has 0 aromatic heterocycles. The van der Waals surface area contributed by atoms with Crippen LogP contribution in [0, 0.1) is 11.8 Å². The van der Waals surface area contributed by atoms with Gasteiger partial charge in [0.25, 0.3) is 0 Å². The van der Waals surface area contributed by atoms with Crippen LogP contribution in [-0.2, 0) is 14.4 Å². The van der Waals surface area contributed by atoms with Gasteiger partial charge >= 0.3 is 5.97 Å². The molecule has 8 heteroatoms. The number of carboxylic acids is 1. The van der Waals surface area contributed by atoms with E-state index in [2.05, 4.69) is 10.6 Å². The monoisotopic (exact) mass is 372 g/mol. The number of nitrogens with one attached hydrogen (secondary N) is 2. The maximum absolute atomic E-state index is 12.6. The van der Waals surface area contributed by atoms with Gasteiger partial charge in [0.15, 0.2) is 0 Å². The van der Waals surface area contributed by atoms with Gasteiger partial charge in [-0.25, -0.2) is 4.79 Å². The minimum Gasteiger partial charge on any atom is -0.480 e. The number of hydrogen-bond donors (Lipinski definition) is 5. The summed E-state index contributed by atoms with van der Waals surface area (Å²) in [6, 6.07) is -2.52. The summed E-state index contributed by atoms with van der Waals surface area (Å²) in [5.74, 6) is -1.88. The predicted molar refractivity (Wildman–Crippen MR) is 101 cm³/mol. The average Bonchev–Trinajstić information content (AvgIpc) is 2.56. The molecule has 0 saturated carbocycles. The van der Waals surface area contributed by atoms with E-state index >= 15 is 0 Å². The standard InChI is InChI=1S/C18H36N4O4/c1-5-12(4)15(22-16(23)13(20)10-11(2)3)17(24)21-14(18(25)26)8-6-7-9-19/h11-15H,5-10,19-20H2,1-4H3,(H,21,24)(H,22,23)(H,25,26). The Morgan fingerprint density at radius 1 is 1.04 bits per heavy atom. The van der Waals surface area contributed by atoms with Crippen molar-refractivity contribution in [2.45, 2.75) is 77.9 Å². The van der Waals surface area contributed by atoms with Crippen LogP contribution in [0.3, 0.4) is 0 Å². The summed E-state index contributed by atoms with van der Waals surface area (Å²) in [5.41, 5.74) is 11.3. The molecule has 4 unspecified atom stereocenters. The smallest absolute Gasteiger partial charge is 0.326 e. The van der Waals surface area contributed by atoms with E-state index in [1.54, 1.807) is 0 Å². The Morgan fingerprint density at radius 3 is 2.12 bits per heavy atom. The van der Waals surface area contributed by atoms with Crippen LogP contribution in [0.15, 0.2) is 0 Å². The van der Waals surface area contributed by atoms with Gasteiger partial charge in [-0.2, -0.15) is 0 Å². The van der Waals surface area contributed by atoms with Crippen LogP contribution in [0.2, 0.25) is 0 Å². The largest absolute Gasteiger partial charge is 0.480 e. The van der Waals surface area contributed by atoms with Gasteiger partial charge in [-0.3, -0.25) is 9.59 Å². The fourth-order valence-corrected chi connectivity index (χ4v) is 2.59. The van der Waals surface area contributed by atoms with Crippen molar-refractivity contribution in [1.82, 2.24) is 10.6 Å². The van der Waals surface area contributed by atoms with Crippen LogP contribution in [0.25, 0.3) is 0 Å². The molecule has 8 nitrogen and oxygen atoms in total. The number of carbonyl (C=O) groups excluding carboxylic acids is 2. The fraction of sp³-hybridized carbons (Fsp3) is 0.833. The average molecular weight is 373 g/mol. The molecule has 0 saturated heterocycles. The summed E-state index contributed by atoms with van der Waals surface area (Å²) in [4.78, 5) is 36.3. The second-order valence-electron chi connectivity index (χ2n) is 7.29. The quantitative estimate of drug-likeness (QED) is 0.299. The van der Waals surface area contributed by atoms with Crippen molar-refractivity contribution in [3.8, 4) is 0 Å². The van der Waals surface area contributed by atoms with Crippen LogP contribution < -0.4 is 22.1 Å². The highest BCUT2D eigenvalue weighted by Gasteiger charge is 2.30. The summed E-state index contributed by atoms with van der Waals surface area (Å²) in [7, 11) is 0. The predicted octanol–water partition coefficient (Wildman–Crippen LogP) is 0.589. The summed E-state index contributed by atoms with van der Waals surface area (Å²) < 4.78 is 0. The zero-order valence-corrected chi connectivity index (χ0v) is 16.5. The lowest BCUT2D eigenvalue weighted by atomic mass is 9.96. The molecule has 7 N–H and O–H groups in total. The third-order valence-corrected chi connectivity index (χ3v) is 4.42. The lowest BCUT2D eigenvalue weighted by Crippen LogP contribution is -2.56. The highest BCUT2D eigenvalue weighted by molar-refractivity contribution is 5.91. The summed E-state index contributed by atoms with van der Waals surface area (Å²) in [5, 5.41) is 14.6. The molecule has 0 aliphatic heterocycles. The first-order valence-corrected chi connectivity index (χ1v) is 9.43. The molecule has 152 valence electrons. The molecule has 0 rings (SSSR count). The number of amides is 2. The number of unbranched alkanes of at least 4 members (excludes halogenated alkanes) is 1. The number of nitrogens with two attached hydrogens (primary N) is 2. The van der Waals surface area contributed by atoms with Gasteiger partial charge in [-0.15, -0.1) is 0 Å². The first-order valence-electron chi connectivity index (χ1n) is 9.43. The second kappa shape index (κ2) is 12.6. The van der Waals surface area contributed by atoms with Crippen molar-refractivity contribution in [1.29, 1.82) is 0 Å². The lowest BCUT2D eigenvalue weighted by molar-refractivity contribution is -0.142. The van der Waals surface area contributed by atoms with Crippen LogP contribution in [-0.4, -0.2) is 47.6 Å². The van der Waals surface area contributed by atoms with Crippen LogP contribution in [0.5, 0.6) is 0 Å². The molecular weight excluding hydrogens is 336 g/mol. The molecule has 26 heavy (non-hydrogen) atoms. The first kappa shape index (κ1) is 24.3. The highest BCUT2D eigenvalue weighted by Crippen LogP contribution is 2.11. The number of carbonyl (C=O) groups is 3. The Labute approximate surface area is 156 Å². The van der Waals surface area contributed by atoms with Gasteiger partial charge in [0.2, 0.25) is 11.8 Å². The van der Waals surface area contributed by atoms with E-state index in [1.165, 1.54) is 0 Å². The molecule has 0 fully saturated rings. The molecule has 2 amide bonds. The van der Waals surface area contributed by atoms with Crippen LogP contribution in [0.4, 0.5) is 0 Å². The van der Waals surface area contributed by atoms with E-state index in [9.17, 15) is 19.5 Å². The Bertz CT molecular complexity index is 456. The minimum atomic E-state index is -1.10. The van der Waals surface area contributed by atoms with Gasteiger partial charge in [-0.1, -0.05) is 34.1 Å². The first-order chi connectivity index (χ1) is 12.1. The Hall–Kier alpha value is -1.67. The van der Waals surface area contributed by atoms with Crippen molar-refractivity contribution >= 4 is 17.8 Å². The number of carboxylic acid groups (broad SMARTS) is 1. The molecule has 0 heterocycles. The Balaban J connectivity index is 5.01. The van der Waals surface area contributed by atoms with Crippen LogP contribution >= 0.6 is 0 Å². The zero-order valence-electron chi connectivity index (χ0n) is 16.5. The number of hydrogen-bond acceptors (Lipinski definition) is 5. The third-order valence-electron chi connectivity index (χ3n) is 4.42. The van der Waals surface area contributed by atoms with E-state index < -0.39 is 35.9 Å². The van der Waals surface area contributed by atoms with Crippen molar-refractivity contribution in [3.63, 3.8) is 0 Å². The van der Waals surface area contributed by atoms with Gasteiger partial charge in [0.1, 0.15) is 12.1 Å². The third kappa shape index (κ3) is 9.15. The molecule has 0 bridgehead atoms. The normalized spacial score (nSPS) is 15.8. The maximum Gasteiger partial charge on any atom is 0.326 e. The van der Waals surface area contributed by atoms with E-state index in [0.717, 1.165) is 0 Å². The second-order valence-corrected chi connectivity index (χ2v) is 7.29. The van der Waals surface area contributed by atoms with Gasteiger partial charge < -0.3 is 27.2 Å². The van der Waals surface area contributed by atoms with E-state index in [-0.39, 0.29) is 11.8 Å². The summed E-state index contributed by atoms with van der Waals surface area (Å²) >= 11 is 0. The topological polar surface area (TPSA) is 148 Å². The molecule has 0 spiro atoms. The highest BCUT2D eigenvalue weighted by atomic mass is 16.4. The van der Waals surface area contributed by atoms with Crippen molar-refractivity contribution < 1.29 is 19.5 Å². The molecule has 0 aliphatic carbocycles. The van der Waals surface area contributed by atoms with Crippen molar-refractivity contribution in [2.24, 2.45) is 23.3 Å². The molecular formula is C18H36N4O4. The van der Waals surface area contributed by atoms with Crippen molar-refractivity contribution in [2.75, 3.05) is 6.54 Å². The fourth-order valence-electron chi connectivity index (χ4n) is 2.59. The lowest BCUT2D eigenvalue weighted by Gasteiger charge is -2.27. The number of rotatable bonds is 13. The van der Waals surface area contributed by atoms with E-state index in [1.807, 2.05) is 27.7 Å². The molecule has 0 aromatic rings. The Morgan fingerprint density at radius 2 is 1.65 bits per heavy atom. The summed E-state index contributed by atoms with van der Waals surface area (Å²) in [6.07, 6.45) is 2.76. The summed E-state index contributed by atoms with van der Waals surface area (Å²) in [6.45, 7) is 8.14. The number of aliphatic carboxylic acids is 1. The van der Waals surface area contributed by atoms with Gasteiger partial charge in [0.05, 0.1) is 6.04 Å². The minimum absolute atomic E-state index is 0.149. The maximum atomic E-state index is 12.6. The van der Waals surface area contributed by atoms with E-state index in [0.29, 0.717) is 38.6 Å². The molecule has 4 atom stereocenters. The molecule has 0 radical (unpaired) electrons. The van der Waals surface area contributed by atoms with E-state index in [4.69, 9.17) is 11.5 Å². The van der Waals surface area contributed by atoms with Gasteiger partial charge in [-0.05, 0) is 44.1 Å². The molecule has 0 aromatic carbocycles. The van der Waals surface area contributed by atoms with Crippen molar-refractivity contribution in [3.05, 3.63) is 0 Å². The SMILES string of the molecule is CCC(C)C(NC(=O)C(N)CC(C)C)C(=O)NC(CCCCN)C(=O)O. The van der Waals surface area contributed by atoms with Gasteiger partial charge in [0, 0.05) is 0 Å². The van der Waals surface area contributed by atoms with Crippen LogP contribution in [0.1, 0.15) is 59.8 Å². The Kier molecular flexibility index (Phi) is 11.8.